The molecular weight excluding hydrogens is 266 g/mol. The molecular formula is C15H19N5O. The third-order valence-corrected chi connectivity index (χ3v) is 3.59. The molecule has 0 saturated heterocycles. The molecule has 6 heteroatoms. The maximum Gasteiger partial charge on any atom is 0.220 e. The number of anilines is 1. The molecule has 0 aromatic carbocycles. The highest BCUT2D eigenvalue weighted by Gasteiger charge is 2.22. The summed E-state index contributed by atoms with van der Waals surface area (Å²) in [4.78, 5) is 19.9. The number of pyridine rings is 1. The van der Waals surface area contributed by atoms with Crippen molar-refractivity contribution >= 4 is 11.6 Å². The topological polar surface area (TPSA) is 85.8 Å². The van der Waals surface area contributed by atoms with E-state index in [1.165, 1.54) is 0 Å². The SMILES string of the molecule is Nc1ccncc1-c1cncn1CCCC(=O)NC1CC1. The number of carbonyl (C=O) groups excluding carboxylic acids is 1. The number of carbonyl (C=O) groups is 1. The molecule has 1 saturated carbocycles. The standard InChI is InChI=1S/C15H19N5O/c16-13-5-6-17-8-12(13)14-9-18-10-20(14)7-1-2-15(21)19-11-3-4-11/h5-6,8-11H,1-4,7H2,(H2,16,17)(H,19,21). The smallest absolute Gasteiger partial charge is 0.220 e. The summed E-state index contributed by atoms with van der Waals surface area (Å²) in [5.74, 6) is 0.139. The Morgan fingerprint density at radius 1 is 1.38 bits per heavy atom. The first-order chi connectivity index (χ1) is 10.2. The average Bonchev–Trinajstić information content (AvgIpc) is 3.15. The van der Waals surface area contributed by atoms with Gasteiger partial charge in [-0.05, 0) is 25.3 Å². The van der Waals surface area contributed by atoms with Crippen LogP contribution in [0.1, 0.15) is 25.7 Å². The average molecular weight is 285 g/mol. The third-order valence-electron chi connectivity index (χ3n) is 3.59. The first-order valence-electron chi connectivity index (χ1n) is 7.23. The third kappa shape index (κ3) is 3.39. The number of rotatable bonds is 6. The Kier molecular flexibility index (Phi) is 3.85. The second-order valence-electron chi connectivity index (χ2n) is 5.38. The molecule has 1 fully saturated rings. The number of hydrogen-bond acceptors (Lipinski definition) is 4. The van der Waals surface area contributed by atoms with Crippen molar-refractivity contribution in [1.82, 2.24) is 19.9 Å². The minimum Gasteiger partial charge on any atom is -0.398 e. The molecule has 110 valence electrons. The van der Waals surface area contributed by atoms with E-state index in [2.05, 4.69) is 15.3 Å². The van der Waals surface area contributed by atoms with E-state index in [0.29, 0.717) is 18.2 Å². The predicted molar refractivity (Wildman–Crippen MR) is 80.3 cm³/mol. The lowest BCUT2D eigenvalue weighted by Gasteiger charge is -2.09. The molecule has 2 aromatic rings. The number of nitrogens with two attached hydrogens (primary N) is 1. The molecule has 0 aliphatic heterocycles. The van der Waals surface area contributed by atoms with Crippen molar-refractivity contribution in [2.45, 2.75) is 38.3 Å². The van der Waals surface area contributed by atoms with Gasteiger partial charge in [0.05, 0.1) is 18.2 Å². The molecule has 21 heavy (non-hydrogen) atoms. The Bertz CT molecular complexity index is 632. The van der Waals surface area contributed by atoms with Crippen LogP contribution >= 0.6 is 0 Å². The number of imidazole rings is 1. The quantitative estimate of drug-likeness (QED) is 0.844. The van der Waals surface area contributed by atoms with Crippen LogP contribution in [-0.2, 0) is 11.3 Å². The summed E-state index contributed by atoms with van der Waals surface area (Å²) in [5, 5.41) is 3.00. The normalized spacial score (nSPS) is 14.1. The molecule has 0 bridgehead atoms. The van der Waals surface area contributed by atoms with E-state index in [4.69, 9.17) is 5.73 Å². The van der Waals surface area contributed by atoms with E-state index < -0.39 is 0 Å². The zero-order chi connectivity index (χ0) is 14.7. The summed E-state index contributed by atoms with van der Waals surface area (Å²) in [6.45, 7) is 0.738. The van der Waals surface area contributed by atoms with Crippen LogP contribution in [0.3, 0.4) is 0 Å². The van der Waals surface area contributed by atoms with Gasteiger partial charge in [0, 0.05) is 42.7 Å². The van der Waals surface area contributed by atoms with Crippen LogP contribution in [0, 0.1) is 0 Å². The summed E-state index contributed by atoms with van der Waals surface area (Å²) in [5.41, 5.74) is 8.46. The van der Waals surface area contributed by atoms with Crippen LogP contribution < -0.4 is 11.1 Å². The minimum atomic E-state index is 0.139. The van der Waals surface area contributed by atoms with E-state index in [0.717, 1.165) is 37.1 Å². The molecule has 0 spiro atoms. The van der Waals surface area contributed by atoms with Crippen LogP contribution in [-0.4, -0.2) is 26.5 Å². The van der Waals surface area contributed by atoms with E-state index in [9.17, 15) is 4.79 Å². The fraction of sp³-hybridized carbons (Fsp3) is 0.400. The van der Waals surface area contributed by atoms with Gasteiger partial charge in [-0.1, -0.05) is 0 Å². The van der Waals surface area contributed by atoms with Crippen molar-refractivity contribution in [2.75, 3.05) is 5.73 Å². The van der Waals surface area contributed by atoms with Crippen LogP contribution in [0.5, 0.6) is 0 Å². The van der Waals surface area contributed by atoms with Crippen molar-refractivity contribution in [3.8, 4) is 11.3 Å². The fourth-order valence-electron chi connectivity index (χ4n) is 2.28. The first kappa shape index (κ1) is 13.6. The molecule has 3 N–H and O–H groups in total. The molecule has 1 amide bonds. The molecule has 6 nitrogen and oxygen atoms in total. The molecule has 0 atom stereocenters. The van der Waals surface area contributed by atoms with Gasteiger partial charge >= 0.3 is 0 Å². The van der Waals surface area contributed by atoms with Crippen molar-refractivity contribution in [2.24, 2.45) is 0 Å². The van der Waals surface area contributed by atoms with E-state index in [-0.39, 0.29) is 5.91 Å². The number of nitrogen functional groups attached to an aromatic ring is 1. The minimum absolute atomic E-state index is 0.139. The Labute approximate surface area is 123 Å². The van der Waals surface area contributed by atoms with E-state index in [1.807, 2.05) is 4.57 Å². The van der Waals surface area contributed by atoms with E-state index >= 15 is 0 Å². The highest BCUT2D eigenvalue weighted by molar-refractivity contribution is 5.76. The Balaban J connectivity index is 1.60. The molecule has 0 radical (unpaired) electrons. The van der Waals surface area contributed by atoms with Crippen LogP contribution in [0.25, 0.3) is 11.3 Å². The van der Waals surface area contributed by atoms with Gasteiger partial charge in [-0.25, -0.2) is 4.98 Å². The molecule has 0 unspecified atom stereocenters. The first-order valence-corrected chi connectivity index (χ1v) is 7.23. The van der Waals surface area contributed by atoms with Crippen LogP contribution in [0.2, 0.25) is 0 Å². The van der Waals surface area contributed by atoms with Gasteiger partial charge in [0.15, 0.2) is 0 Å². The number of aryl methyl sites for hydroxylation is 1. The number of nitrogens with one attached hydrogen (secondary N) is 1. The van der Waals surface area contributed by atoms with Gasteiger partial charge in [-0.2, -0.15) is 0 Å². The van der Waals surface area contributed by atoms with Crippen LogP contribution in [0.4, 0.5) is 5.69 Å². The maximum atomic E-state index is 11.7. The monoisotopic (exact) mass is 285 g/mol. The summed E-state index contributed by atoms with van der Waals surface area (Å²) >= 11 is 0. The second kappa shape index (κ2) is 5.95. The molecule has 3 rings (SSSR count). The molecule has 1 aliphatic rings. The predicted octanol–water partition coefficient (Wildman–Crippen LogP) is 1.59. The summed E-state index contributed by atoms with van der Waals surface area (Å²) < 4.78 is 2.01. The summed E-state index contributed by atoms with van der Waals surface area (Å²) in [6, 6.07) is 2.20. The Morgan fingerprint density at radius 3 is 3.00 bits per heavy atom. The van der Waals surface area contributed by atoms with Gasteiger partial charge in [0.1, 0.15) is 0 Å². The van der Waals surface area contributed by atoms with Gasteiger partial charge < -0.3 is 15.6 Å². The zero-order valence-electron chi connectivity index (χ0n) is 11.8. The van der Waals surface area contributed by atoms with Gasteiger partial charge in [-0.3, -0.25) is 9.78 Å². The lowest BCUT2D eigenvalue weighted by molar-refractivity contribution is -0.121. The molecule has 1 aliphatic carbocycles. The molecule has 2 aromatic heterocycles. The largest absolute Gasteiger partial charge is 0.398 e. The van der Waals surface area contributed by atoms with Gasteiger partial charge in [0.25, 0.3) is 0 Å². The summed E-state index contributed by atoms with van der Waals surface area (Å²) in [6.07, 6.45) is 10.5. The fourth-order valence-corrected chi connectivity index (χ4v) is 2.28. The highest BCUT2D eigenvalue weighted by Crippen LogP contribution is 2.24. The zero-order valence-corrected chi connectivity index (χ0v) is 11.8. The maximum absolute atomic E-state index is 11.7. The number of amides is 1. The Hall–Kier alpha value is -2.37. The lowest BCUT2D eigenvalue weighted by atomic mass is 10.2. The number of hydrogen-bond donors (Lipinski definition) is 2. The van der Waals surface area contributed by atoms with Crippen molar-refractivity contribution in [3.63, 3.8) is 0 Å². The number of aromatic nitrogens is 3. The Morgan fingerprint density at radius 2 is 2.24 bits per heavy atom. The van der Waals surface area contributed by atoms with E-state index in [1.54, 1.807) is 31.0 Å². The molecule has 2 heterocycles. The van der Waals surface area contributed by atoms with Gasteiger partial charge in [-0.15, -0.1) is 0 Å². The lowest BCUT2D eigenvalue weighted by Crippen LogP contribution is -2.25. The van der Waals surface area contributed by atoms with Gasteiger partial charge in [0.2, 0.25) is 5.91 Å². The van der Waals surface area contributed by atoms with Crippen molar-refractivity contribution in [3.05, 3.63) is 31.0 Å². The van der Waals surface area contributed by atoms with Crippen molar-refractivity contribution in [1.29, 1.82) is 0 Å². The highest BCUT2D eigenvalue weighted by atomic mass is 16.1. The summed E-state index contributed by atoms with van der Waals surface area (Å²) in [7, 11) is 0. The van der Waals surface area contributed by atoms with Crippen molar-refractivity contribution < 1.29 is 4.79 Å². The number of nitrogens with zero attached hydrogens (tertiary/aromatic N) is 3. The van der Waals surface area contributed by atoms with Crippen LogP contribution in [0.15, 0.2) is 31.0 Å². The second-order valence-corrected chi connectivity index (χ2v) is 5.38.